The minimum absolute atomic E-state index is 0.0958. The Kier molecular flexibility index (Phi) is 10.1. The number of nitrogens with zero attached hydrogens (tertiary/aromatic N) is 4. The van der Waals surface area contributed by atoms with Crippen molar-refractivity contribution in [3.05, 3.63) is 96.3 Å². The number of piperazine rings is 1. The number of hydrogen-bond acceptors (Lipinski definition) is 8. The Balaban J connectivity index is 1.83. The van der Waals surface area contributed by atoms with E-state index >= 15 is 0 Å². The highest BCUT2D eigenvalue weighted by Gasteiger charge is 2.26. The molecule has 2 atom stereocenters. The SMILES string of the molecule is C=CC(/C=C/C1N=C(N2CCN(C3=CCNC=C3)CC2)C=C(NC(/C=C(/C)N)NC)N1C)=C\C=C/C. The van der Waals surface area contributed by atoms with Gasteiger partial charge in [-0.25, -0.2) is 4.99 Å². The second-order valence-electron chi connectivity index (χ2n) is 8.96. The molecule has 0 saturated carbocycles. The molecule has 0 bridgehead atoms. The number of aliphatic imine (C=N–C) groups is 1. The highest BCUT2D eigenvalue weighted by molar-refractivity contribution is 5.94. The summed E-state index contributed by atoms with van der Waals surface area (Å²) in [5, 5.41) is 10.1. The van der Waals surface area contributed by atoms with Gasteiger partial charge in [-0.2, -0.15) is 0 Å². The summed E-state index contributed by atoms with van der Waals surface area (Å²) < 4.78 is 0. The van der Waals surface area contributed by atoms with Crippen LogP contribution in [0.15, 0.2) is 101 Å². The molecule has 3 aliphatic rings. The van der Waals surface area contributed by atoms with Crippen LogP contribution in [0.4, 0.5) is 0 Å². The Morgan fingerprint density at radius 1 is 1.28 bits per heavy atom. The van der Waals surface area contributed by atoms with Crippen LogP contribution in [0, 0.1) is 0 Å². The maximum absolute atomic E-state index is 5.96. The fourth-order valence-electron chi connectivity index (χ4n) is 4.20. The van der Waals surface area contributed by atoms with E-state index in [9.17, 15) is 0 Å². The Bertz CT molecular complexity index is 999. The van der Waals surface area contributed by atoms with Gasteiger partial charge in [0.1, 0.15) is 17.8 Å². The summed E-state index contributed by atoms with van der Waals surface area (Å²) in [7, 11) is 3.97. The third kappa shape index (κ3) is 7.42. The molecule has 0 aromatic rings. The second kappa shape index (κ2) is 13.4. The van der Waals surface area contributed by atoms with Crippen LogP contribution in [0.5, 0.6) is 0 Å². The van der Waals surface area contributed by atoms with Crippen molar-refractivity contribution in [3.63, 3.8) is 0 Å². The molecule has 0 spiro atoms. The standard InChI is InChI=1S/C28H42N8/c1-6-8-9-23(7-2)10-11-26-33-28(21-27(34(26)5)32-25(30-4)20-22(3)29)36-18-16-35(17-19-36)24-12-14-31-15-13-24/h6-14,20-21,25-26,30-32H,2,15-19,29H2,1,3-5H3/b8-6-,11-10+,22-20-,23-9+. The molecule has 3 heterocycles. The largest absolute Gasteiger partial charge is 0.402 e. The minimum Gasteiger partial charge on any atom is -0.402 e. The molecule has 36 heavy (non-hydrogen) atoms. The zero-order valence-electron chi connectivity index (χ0n) is 22.1. The topological polar surface area (TPSA) is 84.2 Å². The number of dihydropyridines is 1. The molecule has 2 unspecified atom stereocenters. The van der Waals surface area contributed by atoms with Gasteiger partial charge in [0.2, 0.25) is 0 Å². The first-order valence-corrected chi connectivity index (χ1v) is 12.6. The van der Waals surface area contributed by atoms with Gasteiger partial charge in [0, 0.05) is 57.2 Å². The molecule has 0 aromatic carbocycles. The van der Waals surface area contributed by atoms with E-state index in [1.54, 1.807) is 0 Å². The smallest absolute Gasteiger partial charge is 0.143 e. The molecule has 0 radical (unpaired) electrons. The van der Waals surface area contributed by atoms with Gasteiger partial charge in [-0.3, -0.25) is 5.32 Å². The maximum atomic E-state index is 5.96. The summed E-state index contributed by atoms with van der Waals surface area (Å²) in [6.45, 7) is 12.5. The summed E-state index contributed by atoms with van der Waals surface area (Å²) in [6.07, 6.45) is 22.4. The highest BCUT2D eigenvalue weighted by atomic mass is 15.4. The lowest BCUT2D eigenvalue weighted by molar-refractivity contribution is 0.222. The number of rotatable bonds is 9. The van der Waals surface area contributed by atoms with Gasteiger partial charge in [-0.15, -0.1) is 0 Å². The van der Waals surface area contributed by atoms with Crippen LogP contribution in [-0.2, 0) is 0 Å². The molecule has 3 rings (SSSR count). The summed E-state index contributed by atoms with van der Waals surface area (Å²) >= 11 is 0. The quantitative estimate of drug-likeness (QED) is 0.292. The van der Waals surface area contributed by atoms with E-state index < -0.39 is 0 Å². The number of allylic oxidation sites excluding steroid dienone is 8. The van der Waals surface area contributed by atoms with E-state index in [-0.39, 0.29) is 12.3 Å². The molecule has 1 saturated heterocycles. The molecular formula is C28H42N8. The van der Waals surface area contributed by atoms with Crippen molar-refractivity contribution in [3.8, 4) is 0 Å². The number of amidine groups is 1. The average Bonchev–Trinajstić information content (AvgIpc) is 2.90. The number of nitrogens with one attached hydrogen (secondary N) is 3. The van der Waals surface area contributed by atoms with Crippen molar-refractivity contribution in [1.29, 1.82) is 0 Å². The van der Waals surface area contributed by atoms with Crippen LogP contribution < -0.4 is 21.7 Å². The summed E-state index contributed by atoms with van der Waals surface area (Å²) in [4.78, 5) is 12.1. The van der Waals surface area contributed by atoms with Gasteiger partial charge >= 0.3 is 0 Å². The van der Waals surface area contributed by atoms with E-state index in [4.69, 9.17) is 10.7 Å². The van der Waals surface area contributed by atoms with Crippen molar-refractivity contribution >= 4 is 5.84 Å². The second-order valence-corrected chi connectivity index (χ2v) is 8.96. The van der Waals surface area contributed by atoms with E-state index in [0.717, 1.165) is 55.7 Å². The predicted octanol–water partition coefficient (Wildman–Crippen LogP) is 2.36. The lowest BCUT2D eigenvalue weighted by Gasteiger charge is -2.41. The van der Waals surface area contributed by atoms with Gasteiger partial charge < -0.3 is 31.1 Å². The lowest BCUT2D eigenvalue weighted by atomic mass is 10.2. The summed E-state index contributed by atoms with van der Waals surface area (Å²) in [6, 6.07) is 0. The minimum atomic E-state index is -0.157. The first-order valence-electron chi connectivity index (χ1n) is 12.6. The molecule has 0 aromatic heterocycles. The molecule has 3 aliphatic heterocycles. The summed E-state index contributed by atoms with van der Waals surface area (Å²) in [5.74, 6) is 1.97. The van der Waals surface area contributed by atoms with E-state index in [0.29, 0.717) is 0 Å². The van der Waals surface area contributed by atoms with Crippen molar-refractivity contribution in [2.24, 2.45) is 10.7 Å². The molecule has 5 N–H and O–H groups in total. The Morgan fingerprint density at radius 3 is 2.64 bits per heavy atom. The van der Waals surface area contributed by atoms with Crippen LogP contribution in [0.25, 0.3) is 0 Å². The fraction of sp³-hybridized carbons (Fsp3) is 0.393. The molecule has 194 valence electrons. The Morgan fingerprint density at radius 2 is 2.03 bits per heavy atom. The monoisotopic (exact) mass is 490 g/mol. The normalized spacial score (nSPS) is 22.4. The van der Waals surface area contributed by atoms with Crippen LogP contribution >= 0.6 is 0 Å². The predicted molar refractivity (Wildman–Crippen MR) is 152 cm³/mol. The molecule has 1 fully saturated rings. The van der Waals surface area contributed by atoms with Crippen LogP contribution in [0.1, 0.15) is 13.8 Å². The number of likely N-dealkylation sites (N-methyl/N-ethyl adjacent to an activating group) is 2. The van der Waals surface area contributed by atoms with Gasteiger partial charge in [0.05, 0.1) is 6.17 Å². The van der Waals surface area contributed by atoms with Gasteiger partial charge in [-0.1, -0.05) is 37.0 Å². The van der Waals surface area contributed by atoms with Crippen molar-refractivity contribution < 1.29 is 0 Å². The van der Waals surface area contributed by atoms with Crippen LogP contribution in [0.2, 0.25) is 0 Å². The summed E-state index contributed by atoms with van der Waals surface area (Å²) in [5.41, 5.74) is 9.05. The van der Waals surface area contributed by atoms with Crippen LogP contribution in [-0.4, -0.2) is 79.7 Å². The molecule has 8 nitrogen and oxygen atoms in total. The Labute approximate surface area is 216 Å². The van der Waals surface area contributed by atoms with Gasteiger partial charge in [0.25, 0.3) is 0 Å². The number of nitrogens with two attached hydrogens (primary N) is 1. The molecule has 0 aliphatic carbocycles. The Hall–Kier alpha value is -3.65. The van der Waals surface area contributed by atoms with Gasteiger partial charge in [-0.05, 0) is 57.0 Å². The van der Waals surface area contributed by atoms with Crippen molar-refractivity contribution in [2.75, 3.05) is 46.8 Å². The highest BCUT2D eigenvalue weighted by Crippen LogP contribution is 2.19. The van der Waals surface area contributed by atoms with Crippen LogP contribution in [0.3, 0.4) is 0 Å². The first-order chi connectivity index (χ1) is 17.4. The molecular weight excluding hydrogens is 448 g/mol. The zero-order chi connectivity index (χ0) is 25.9. The third-order valence-electron chi connectivity index (χ3n) is 6.30. The maximum Gasteiger partial charge on any atom is 0.143 e. The van der Waals surface area contributed by atoms with Crippen molar-refractivity contribution in [2.45, 2.75) is 26.2 Å². The number of hydrogen-bond donors (Lipinski definition) is 4. The average molecular weight is 491 g/mol. The van der Waals surface area contributed by atoms with Crippen molar-refractivity contribution in [1.82, 2.24) is 30.7 Å². The van der Waals surface area contributed by atoms with E-state index in [2.05, 4.69) is 74.7 Å². The fourth-order valence-corrected chi connectivity index (χ4v) is 4.20. The third-order valence-corrected chi connectivity index (χ3v) is 6.30. The van der Waals surface area contributed by atoms with E-state index in [1.807, 2.05) is 57.5 Å². The molecule has 0 amide bonds. The zero-order valence-corrected chi connectivity index (χ0v) is 22.1. The first kappa shape index (κ1) is 26.9. The van der Waals surface area contributed by atoms with Gasteiger partial charge in [0.15, 0.2) is 0 Å². The van der Waals surface area contributed by atoms with E-state index in [1.165, 1.54) is 5.70 Å². The molecule has 8 heteroatoms. The lowest BCUT2D eigenvalue weighted by Crippen LogP contribution is -2.51.